The first-order chi connectivity index (χ1) is 11.6. The van der Waals surface area contributed by atoms with Gasteiger partial charge in [-0.1, -0.05) is 30.3 Å². The molecule has 1 heterocycles. The van der Waals surface area contributed by atoms with Crippen molar-refractivity contribution in [1.82, 2.24) is 0 Å². The molecule has 2 aromatic rings. The molecule has 0 aromatic heterocycles. The van der Waals surface area contributed by atoms with E-state index < -0.39 is 10.9 Å². The van der Waals surface area contributed by atoms with Crippen LogP contribution in [-0.2, 0) is 9.53 Å². The second-order valence-electron chi connectivity index (χ2n) is 4.96. The van der Waals surface area contributed by atoms with E-state index in [1.165, 1.54) is 12.1 Å². The first-order valence-electron chi connectivity index (χ1n) is 7.12. The Balaban J connectivity index is 1.76. The Bertz CT molecular complexity index is 866. The maximum Gasteiger partial charge on any atom is 0.363 e. The average Bonchev–Trinajstić information content (AvgIpc) is 2.94. The van der Waals surface area contributed by atoms with Gasteiger partial charge in [-0.15, -0.1) is 0 Å². The van der Waals surface area contributed by atoms with E-state index in [0.29, 0.717) is 0 Å². The van der Waals surface area contributed by atoms with Crippen LogP contribution in [-0.4, -0.2) is 16.8 Å². The minimum Gasteiger partial charge on any atom is -0.403 e. The highest BCUT2D eigenvalue weighted by atomic mass is 16.6. The Morgan fingerprint density at radius 1 is 0.958 bits per heavy atom. The first-order valence-corrected chi connectivity index (χ1v) is 7.12. The number of nitro benzene ring substituents is 1. The average molecular weight is 320 g/mol. The molecule has 118 valence electrons. The molecule has 0 saturated heterocycles. The molecule has 1 aliphatic rings. The lowest BCUT2D eigenvalue weighted by Crippen LogP contribution is -2.01. The summed E-state index contributed by atoms with van der Waals surface area (Å²) in [6.45, 7) is 0. The fourth-order valence-electron chi connectivity index (χ4n) is 2.08. The minimum atomic E-state index is -0.512. The summed E-state index contributed by atoms with van der Waals surface area (Å²) in [4.78, 5) is 26.1. The molecule has 24 heavy (non-hydrogen) atoms. The van der Waals surface area contributed by atoms with E-state index in [-0.39, 0.29) is 17.3 Å². The molecule has 0 amide bonds. The maximum atomic E-state index is 11.8. The third-order valence-electron chi connectivity index (χ3n) is 3.26. The number of non-ortho nitro benzene ring substituents is 1. The largest absolute Gasteiger partial charge is 0.403 e. The first kappa shape index (κ1) is 15.4. The van der Waals surface area contributed by atoms with Gasteiger partial charge < -0.3 is 4.74 Å². The van der Waals surface area contributed by atoms with Crippen molar-refractivity contribution in [3.8, 4) is 0 Å². The van der Waals surface area contributed by atoms with E-state index in [4.69, 9.17) is 4.74 Å². The van der Waals surface area contributed by atoms with Crippen LogP contribution >= 0.6 is 0 Å². The molecule has 6 nitrogen and oxygen atoms in total. The van der Waals surface area contributed by atoms with Crippen molar-refractivity contribution in [1.29, 1.82) is 0 Å². The SMILES string of the molecule is O=C1OC(C=Cc2ccc([N+](=O)[O-])cc2)=NC1=Cc1ccccc1. The van der Waals surface area contributed by atoms with E-state index in [9.17, 15) is 14.9 Å². The monoisotopic (exact) mass is 320 g/mol. The lowest BCUT2D eigenvalue weighted by atomic mass is 10.2. The molecule has 0 aliphatic carbocycles. The molecule has 0 unspecified atom stereocenters. The zero-order valence-electron chi connectivity index (χ0n) is 12.5. The maximum absolute atomic E-state index is 11.8. The standard InChI is InChI=1S/C18H12N2O4/c21-18-16(12-14-4-2-1-3-5-14)19-17(24-18)11-8-13-6-9-15(10-7-13)20(22)23/h1-12H. The molecule has 0 N–H and O–H groups in total. The fraction of sp³-hybridized carbons (Fsp3) is 0. The van der Waals surface area contributed by atoms with Gasteiger partial charge in [0.05, 0.1) is 4.92 Å². The number of nitrogens with zero attached hydrogens (tertiary/aromatic N) is 2. The summed E-state index contributed by atoms with van der Waals surface area (Å²) < 4.78 is 5.08. The van der Waals surface area contributed by atoms with Crippen molar-refractivity contribution >= 4 is 29.7 Å². The highest BCUT2D eigenvalue weighted by Crippen LogP contribution is 2.17. The summed E-state index contributed by atoms with van der Waals surface area (Å²) in [6.07, 6.45) is 4.86. The fourth-order valence-corrected chi connectivity index (χ4v) is 2.08. The molecule has 2 aromatic carbocycles. The molecule has 0 fully saturated rings. The molecular formula is C18H12N2O4. The van der Waals surface area contributed by atoms with Crippen LogP contribution in [0.5, 0.6) is 0 Å². The third-order valence-corrected chi connectivity index (χ3v) is 3.26. The second-order valence-corrected chi connectivity index (χ2v) is 4.96. The van der Waals surface area contributed by atoms with E-state index in [1.54, 1.807) is 30.4 Å². The van der Waals surface area contributed by atoms with Gasteiger partial charge in [-0.2, -0.15) is 0 Å². The van der Waals surface area contributed by atoms with Crippen molar-refractivity contribution in [3.63, 3.8) is 0 Å². The van der Waals surface area contributed by atoms with Crippen LogP contribution in [0.3, 0.4) is 0 Å². The predicted molar refractivity (Wildman–Crippen MR) is 90.1 cm³/mol. The minimum absolute atomic E-state index is 0.0184. The zero-order valence-corrected chi connectivity index (χ0v) is 12.5. The van der Waals surface area contributed by atoms with Crippen LogP contribution in [0.4, 0.5) is 5.69 Å². The van der Waals surface area contributed by atoms with Crippen LogP contribution in [0.15, 0.2) is 71.4 Å². The Morgan fingerprint density at radius 3 is 2.33 bits per heavy atom. The summed E-state index contributed by atoms with van der Waals surface area (Å²) in [7, 11) is 0. The number of hydrogen-bond donors (Lipinski definition) is 0. The summed E-state index contributed by atoms with van der Waals surface area (Å²) in [5, 5.41) is 10.6. The normalized spacial score (nSPS) is 15.6. The van der Waals surface area contributed by atoms with Gasteiger partial charge in [0, 0.05) is 18.2 Å². The topological polar surface area (TPSA) is 81.8 Å². The number of carbonyl (C=O) groups excluding carboxylic acids is 1. The quantitative estimate of drug-likeness (QED) is 0.373. The number of carbonyl (C=O) groups is 1. The molecule has 0 radical (unpaired) electrons. The number of cyclic esters (lactones) is 1. The molecule has 0 atom stereocenters. The van der Waals surface area contributed by atoms with Gasteiger partial charge in [0.2, 0.25) is 5.90 Å². The van der Waals surface area contributed by atoms with Crippen LogP contribution in [0.2, 0.25) is 0 Å². The van der Waals surface area contributed by atoms with Gasteiger partial charge in [0.1, 0.15) is 0 Å². The highest BCUT2D eigenvalue weighted by molar-refractivity contribution is 6.11. The Morgan fingerprint density at radius 2 is 1.67 bits per heavy atom. The highest BCUT2D eigenvalue weighted by Gasteiger charge is 2.20. The molecule has 0 bridgehead atoms. The number of rotatable bonds is 4. The summed E-state index contributed by atoms with van der Waals surface area (Å²) in [5.74, 6) is -0.331. The lowest BCUT2D eigenvalue weighted by molar-refractivity contribution is -0.384. The van der Waals surface area contributed by atoms with Crippen molar-refractivity contribution in [2.45, 2.75) is 0 Å². The number of benzene rings is 2. The summed E-state index contributed by atoms with van der Waals surface area (Å²) in [6, 6.07) is 15.4. The molecule has 0 spiro atoms. The number of hydrogen-bond acceptors (Lipinski definition) is 5. The number of nitro groups is 1. The predicted octanol–water partition coefficient (Wildman–Crippen LogP) is 3.60. The number of ether oxygens (including phenoxy) is 1. The van der Waals surface area contributed by atoms with Gasteiger partial charge in [-0.3, -0.25) is 10.1 Å². The van der Waals surface area contributed by atoms with E-state index in [2.05, 4.69) is 4.99 Å². The number of esters is 1. The molecule has 0 saturated carbocycles. The van der Waals surface area contributed by atoms with Crippen molar-refractivity contribution in [2.24, 2.45) is 4.99 Å². The Kier molecular flexibility index (Phi) is 4.29. The van der Waals surface area contributed by atoms with E-state index in [1.807, 2.05) is 30.3 Å². The third kappa shape index (κ3) is 3.61. The van der Waals surface area contributed by atoms with Crippen LogP contribution in [0.1, 0.15) is 11.1 Å². The molecular weight excluding hydrogens is 308 g/mol. The van der Waals surface area contributed by atoms with Crippen molar-refractivity contribution in [2.75, 3.05) is 0 Å². The van der Waals surface area contributed by atoms with Crippen molar-refractivity contribution < 1.29 is 14.5 Å². The smallest absolute Gasteiger partial charge is 0.363 e. The van der Waals surface area contributed by atoms with Gasteiger partial charge >= 0.3 is 5.97 Å². The Hall–Kier alpha value is -3.54. The molecule has 1 aliphatic heterocycles. The second kappa shape index (κ2) is 6.70. The van der Waals surface area contributed by atoms with E-state index >= 15 is 0 Å². The van der Waals surface area contributed by atoms with Crippen LogP contribution < -0.4 is 0 Å². The van der Waals surface area contributed by atoms with Crippen molar-refractivity contribution in [3.05, 3.63) is 87.6 Å². The number of aliphatic imine (C=N–C) groups is 1. The van der Waals surface area contributed by atoms with Crippen LogP contribution in [0, 0.1) is 10.1 Å². The van der Waals surface area contributed by atoms with Gasteiger partial charge in [-0.05, 0) is 35.4 Å². The van der Waals surface area contributed by atoms with Gasteiger partial charge in [0.25, 0.3) is 5.69 Å². The van der Waals surface area contributed by atoms with Gasteiger partial charge in [-0.25, -0.2) is 9.79 Å². The van der Waals surface area contributed by atoms with Gasteiger partial charge in [0.15, 0.2) is 5.70 Å². The molecule has 3 rings (SSSR count). The van der Waals surface area contributed by atoms with Crippen LogP contribution in [0.25, 0.3) is 12.2 Å². The zero-order chi connectivity index (χ0) is 16.9. The lowest BCUT2D eigenvalue weighted by Gasteiger charge is -1.94. The summed E-state index contributed by atoms with van der Waals surface area (Å²) in [5.41, 5.74) is 1.84. The summed E-state index contributed by atoms with van der Waals surface area (Å²) >= 11 is 0. The van der Waals surface area contributed by atoms with E-state index in [0.717, 1.165) is 11.1 Å². The Labute approximate surface area is 137 Å². The molecule has 6 heteroatoms.